The molecule has 8 atom stereocenters. The maximum Gasteiger partial charge on any atom is 0.136 e. The number of hydrogen-bond donors (Lipinski definition) is 1. The fourth-order valence-electron chi connectivity index (χ4n) is 8.49. The van der Waals surface area contributed by atoms with Crippen LogP contribution in [0.15, 0.2) is 11.6 Å². The average Bonchev–Trinajstić information content (AvgIpc) is 3.00. The van der Waals surface area contributed by atoms with Gasteiger partial charge in [0.05, 0.1) is 6.10 Å². The highest BCUT2D eigenvalue weighted by Gasteiger charge is 2.61. The molecule has 4 aliphatic rings. The molecule has 164 valence electrons. The van der Waals surface area contributed by atoms with E-state index in [-0.39, 0.29) is 11.5 Å². The van der Waals surface area contributed by atoms with Crippen LogP contribution < -0.4 is 0 Å². The third-order valence-corrected chi connectivity index (χ3v) is 10.2. The third-order valence-electron chi connectivity index (χ3n) is 10.2. The lowest BCUT2D eigenvalue weighted by Gasteiger charge is -2.59. The van der Waals surface area contributed by atoms with E-state index in [0.717, 1.165) is 30.6 Å². The van der Waals surface area contributed by atoms with Crippen molar-refractivity contribution in [3.63, 3.8) is 0 Å². The largest absolute Gasteiger partial charge is 0.389 e. The second-order valence-corrected chi connectivity index (χ2v) is 12.1. The monoisotopic (exact) mass is 400 g/mol. The van der Waals surface area contributed by atoms with Gasteiger partial charge in [-0.05, 0) is 78.4 Å². The Labute approximate surface area is 178 Å². The Balaban J connectivity index is 1.54. The van der Waals surface area contributed by atoms with Crippen LogP contribution in [0.5, 0.6) is 0 Å². The number of hydrogen-bond acceptors (Lipinski definition) is 2. The van der Waals surface area contributed by atoms with Gasteiger partial charge in [-0.1, -0.05) is 65.5 Å². The van der Waals surface area contributed by atoms with Gasteiger partial charge in [0.2, 0.25) is 0 Å². The fourth-order valence-corrected chi connectivity index (χ4v) is 8.49. The SMILES string of the molecule is CC(C)CCC[C@@H](C)[C@H]1CC[C@H]2[C@@H]3[C@H](O)C=C4CC(=O)CC[C@]4(C)[C@H]3CC[C@]12C. The molecule has 0 heterocycles. The Morgan fingerprint density at radius 2 is 1.83 bits per heavy atom. The molecule has 0 aromatic rings. The van der Waals surface area contributed by atoms with Gasteiger partial charge in [-0.25, -0.2) is 0 Å². The summed E-state index contributed by atoms with van der Waals surface area (Å²) in [5.41, 5.74) is 1.81. The highest BCUT2D eigenvalue weighted by molar-refractivity contribution is 5.82. The van der Waals surface area contributed by atoms with Crippen LogP contribution in [0.1, 0.15) is 98.8 Å². The molecule has 3 fully saturated rings. The second-order valence-electron chi connectivity index (χ2n) is 12.1. The molecule has 1 N–H and O–H groups in total. The first kappa shape index (κ1) is 21.6. The first-order chi connectivity index (χ1) is 13.7. The maximum atomic E-state index is 12.1. The lowest BCUT2D eigenvalue weighted by molar-refractivity contribution is -0.125. The van der Waals surface area contributed by atoms with Gasteiger partial charge in [0.25, 0.3) is 0 Å². The zero-order valence-corrected chi connectivity index (χ0v) is 19.5. The van der Waals surface area contributed by atoms with Crippen molar-refractivity contribution in [2.75, 3.05) is 0 Å². The van der Waals surface area contributed by atoms with E-state index in [2.05, 4.69) is 40.7 Å². The Bertz CT molecular complexity index is 663. The zero-order chi connectivity index (χ0) is 21.0. The first-order valence-electron chi connectivity index (χ1n) is 12.6. The van der Waals surface area contributed by atoms with Gasteiger partial charge < -0.3 is 5.11 Å². The molecular weight excluding hydrogens is 356 g/mol. The number of Topliss-reactive ketones (excluding diaryl/α,β-unsaturated/α-hetero) is 1. The lowest BCUT2D eigenvalue weighted by Crippen LogP contribution is -2.54. The fraction of sp³-hybridized carbons (Fsp3) is 0.889. The van der Waals surface area contributed by atoms with Gasteiger partial charge in [0.15, 0.2) is 0 Å². The molecule has 29 heavy (non-hydrogen) atoms. The summed E-state index contributed by atoms with van der Waals surface area (Å²) in [5.74, 6) is 4.43. The molecule has 0 amide bonds. The van der Waals surface area contributed by atoms with Crippen LogP contribution >= 0.6 is 0 Å². The molecule has 0 aliphatic heterocycles. The zero-order valence-electron chi connectivity index (χ0n) is 19.5. The van der Waals surface area contributed by atoms with Crippen LogP contribution in [0.2, 0.25) is 0 Å². The van der Waals surface area contributed by atoms with Crippen LogP contribution in [-0.4, -0.2) is 17.0 Å². The van der Waals surface area contributed by atoms with Crippen molar-refractivity contribution >= 4 is 5.78 Å². The van der Waals surface area contributed by atoms with Crippen molar-refractivity contribution < 1.29 is 9.90 Å². The molecule has 0 spiro atoms. The predicted molar refractivity (Wildman–Crippen MR) is 119 cm³/mol. The van der Waals surface area contributed by atoms with Gasteiger partial charge in [-0.2, -0.15) is 0 Å². The summed E-state index contributed by atoms with van der Waals surface area (Å²) in [6.45, 7) is 12.2. The Morgan fingerprint density at radius 1 is 1.07 bits per heavy atom. The first-order valence-corrected chi connectivity index (χ1v) is 12.6. The highest BCUT2D eigenvalue weighted by Crippen LogP contribution is 2.67. The second kappa shape index (κ2) is 7.81. The van der Waals surface area contributed by atoms with E-state index in [1.165, 1.54) is 50.5 Å². The minimum absolute atomic E-state index is 0.153. The van der Waals surface area contributed by atoms with Gasteiger partial charge >= 0.3 is 0 Å². The molecule has 4 rings (SSSR count). The standard InChI is InChI=1S/C27H44O2/c1-17(2)7-6-8-18(3)21-9-10-22-25-23(12-14-27(21,22)5)26(4)13-11-20(28)15-19(26)16-24(25)29/h16-18,21-25,29H,6-15H2,1-5H3/t18-,21-,22+,23+,24-,25+,26+,27-/m1/s1. The average molecular weight is 401 g/mol. The predicted octanol–water partition coefficient (Wildman–Crippen LogP) is 6.57. The minimum atomic E-state index is -0.339. The summed E-state index contributed by atoms with van der Waals surface area (Å²) < 4.78 is 0. The summed E-state index contributed by atoms with van der Waals surface area (Å²) in [6, 6.07) is 0. The maximum absolute atomic E-state index is 12.1. The van der Waals surface area contributed by atoms with Crippen LogP contribution in [0.3, 0.4) is 0 Å². The van der Waals surface area contributed by atoms with Crippen LogP contribution in [0, 0.1) is 46.3 Å². The molecule has 3 saturated carbocycles. The van der Waals surface area contributed by atoms with Gasteiger partial charge in [-0.15, -0.1) is 0 Å². The summed E-state index contributed by atoms with van der Waals surface area (Å²) in [4.78, 5) is 12.1. The van der Waals surface area contributed by atoms with Crippen molar-refractivity contribution in [2.24, 2.45) is 46.3 Å². The minimum Gasteiger partial charge on any atom is -0.389 e. The Hall–Kier alpha value is -0.630. The van der Waals surface area contributed by atoms with Crippen molar-refractivity contribution in [2.45, 2.75) is 105 Å². The van der Waals surface area contributed by atoms with Gasteiger partial charge in [0, 0.05) is 12.8 Å². The normalized spacial score (nSPS) is 45.4. The van der Waals surface area contributed by atoms with Crippen molar-refractivity contribution in [1.29, 1.82) is 0 Å². The van der Waals surface area contributed by atoms with E-state index < -0.39 is 0 Å². The van der Waals surface area contributed by atoms with E-state index in [0.29, 0.717) is 35.4 Å². The van der Waals surface area contributed by atoms with Crippen molar-refractivity contribution in [3.8, 4) is 0 Å². The van der Waals surface area contributed by atoms with E-state index in [9.17, 15) is 9.90 Å². The van der Waals surface area contributed by atoms with Gasteiger partial charge in [-0.3, -0.25) is 4.79 Å². The van der Waals surface area contributed by atoms with E-state index in [1.54, 1.807) is 0 Å². The van der Waals surface area contributed by atoms with Gasteiger partial charge in [0.1, 0.15) is 5.78 Å². The van der Waals surface area contributed by atoms with Crippen LogP contribution in [0.25, 0.3) is 0 Å². The summed E-state index contributed by atoms with van der Waals surface area (Å²) in [5, 5.41) is 11.2. The number of aliphatic hydroxyl groups is 1. The third kappa shape index (κ3) is 3.56. The Morgan fingerprint density at radius 3 is 2.55 bits per heavy atom. The molecule has 4 aliphatic carbocycles. The molecule has 0 aromatic heterocycles. The quantitative estimate of drug-likeness (QED) is 0.530. The van der Waals surface area contributed by atoms with E-state index in [1.807, 2.05) is 0 Å². The molecule has 0 bridgehead atoms. The number of carbonyl (C=O) groups is 1. The molecule has 0 radical (unpaired) electrons. The summed E-state index contributed by atoms with van der Waals surface area (Å²) >= 11 is 0. The molecule has 0 saturated heterocycles. The number of aliphatic hydroxyl groups excluding tert-OH is 1. The molecule has 0 unspecified atom stereocenters. The Kier molecular flexibility index (Phi) is 5.82. The molecule has 0 aromatic carbocycles. The smallest absolute Gasteiger partial charge is 0.136 e. The van der Waals surface area contributed by atoms with E-state index in [4.69, 9.17) is 0 Å². The number of allylic oxidation sites excluding steroid dienone is 1. The topological polar surface area (TPSA) is 37.3 Å². The molecule has 2 heteroatoms. The number of rotatable bonds is 5. The number of ketones is 1. The van der Waals surface area contributed by atoms with Crippen molar-refractivity contribution in [3.05, 3.63) is 11.6 Å². The van der Waals surface area contributed by atoms with Crippen LogP contribution in [-0.2, 0) is 4.79 Å². The summed E-state index contributed by atoms with van der Waals surface area (Å²) in [7, 11) is 0. The highest BCUT2D eigenvalue weighted by atomic mass is 16.3. The van der Waals surface area contributed by atoms with Crippen LogP contribution in [0.4, 0.5) is 0 Å². The van der Waals surface area contributed by atoms with Crippen molar-refractivity contribution in [1.82, 2.24) is 0 Å². The van der Waals surface area contributed by atoms with E-state index >= 15 is 0 Å². The number of fused-ring (bicyclic) bond motifs is 5. The number of carbonyl (C=O) groups excluding carboxylic acids is 1. The summed E-state index contributed by atoms with van der Waals surface area (Å²) in [6.07, 6.45) is 13.4. The molecule has 2 nitrogen and oxygen atoms in total. The lowest BCUT2D eigenvalue weighted by atomic mass is 9.46. The molecular formula is C27H44O2.